The second-order valence-corrected chi connectivity index (χ2v) is 6.92. The van der Waals surface area contributed by atoms with Crippen LogP contribution < -0.4 is 5.32 Å². The van der Waals surface area contributed by atoms with Crippen LogP contribution in [-0.4, -0.2) is 30.3 Å². The second kappa shape index (κ2) is 8.44. The van der Waals surface area contributed by atoms with Crippen molar-refractivity contribution < 1.29 is 19.1 Å². The molecule has 1 aliphatic heterocycles. The lowest BCUT2D eigenvalue weighted by Gasteiger charge is -2.19. The number of rotatable bonds is 5. The Balaban J connectivity index is 2.19. The molecule has 0 saturated heterocycles. The molecule has 1 aliphatic rings. The predicted octanol–water partition coefficient (Wildman–Crippen LogP) is 4.23. The number of amides is 1. The third kappa shape index (κ3) is 4.68. The number of hydrogen-bond acceptors (Lipinski definition) is 5. The van der Waals surface area contributed by atoms with Crippen molar-refractivity contribution in [3.63, 3.8) is 0 Å². The molecular formula is C17H20ClNO4S. The third-order valence-corrected chi connectivity index (χ3v) is 4.58. The fourth-order valence-electron chi connectivity index (χ4n) is 2.13. The van der Waals surface area contributed by atoms with Crippen LogP contribution in [0.15, 0.2) is 28.9 Å². The van der Waals surface area contributed by atoms with Crippen molar-refractivity contribution in [1.29, 1.82) is 0 Å². The Morgan fingerprint density at radius 2 is 2.17 bits per heavy atom. The molecule has 0 aliphatic carbocycles. The van der Waals surface area contributed by atoms with Gasteiger partial charge in [-0.15, -0.1) is 11.8 Å². The maximum absolute atomic E-state index is 12.5. The molecule has 130 valence electrons. The van der Waals surface area contributed by atoms with Crippen molar-refractivity contribution in [3.8, 4) is 0 Å². The quantitative estimate of drug-likeness (QED) is 0.787. The Morgan fingerprint density at radius 3 is 2.83 bits per heavy atom. The maximum atomic E-state index is 12.5. The zero-order valence-corrected chi connectivity index (χ0v) is 15.4. The number of anilines is 1. The zero-order valence-electron chi connectivity index (χ0n) is 13.8. The largest absolute Gasteiger partial charge is 0.496 e. The summed E-state index contributed by atoms with van der Waals surface area (Å²) in [4.78, 5) is 25.1. The van der Waals surface area contributed by atoms with Gasteiger partial charge in [-0.05, 0) is 32.0 Å². The van der Waals surface area contributed by atoms with Crippen LogP contribution in [0.1, 0.15) is 37.6 Å². The molecule has 1 aromatic carbocycles. The van der Waals surface area contributed by atoms with Crippen LogP contribution in [-0.2, 0) is 14.3 Å². The number of thioether (sulfide) groups is 1. The van der Waals surface area contributed by atoms with Gasteiger partial charge < -0.3 is 14.8 Å². The fraction of sp³-hybridized carbons (Fsp3) is 0.412. The highest BCUT2D eigenvalue weighted by molar-refractivity contribution is 8.04. The average Bonchev–Trinajstić information content (AvgIpc) is 2.55. The first kappa shape index (κ1) is 18.7. The van der Waals surface area contributed by atoms with E-state index in [9.17, 15) is 9.59 Å². The number of ether oxygens (including phenoxy) is 2. The van der Waals surface area contributed by atoms with Crippen LogP contribution in [0.3, 0.4) is 0 Å². The van der Waals surface area contributed by atoms with Crippen molar-refractivity contribution in [2.45, 2.75) is 33.3 Å². The third-order valence-electron chi connectivity index (χ3n) is 3.17. The van der Waals surface area contributed by atoms with Crippen LogP contribution in [0.25, 0.3) is 0 Å². The highest BCUT2D eigenvalue weighted by atomic mass is 35.5. The van der Waals surface area contributed by atoms with Crippen LogP contribution in [0.5, 0.6) is 0 Å². The molecule has 0 fully saturated rings. The van der Waals surface area contributed by atoms with Gasteiger partial charge in [0.15, 0.2) is 0 Å². The fourth-order valence-corrected chi connectivity index (χ4v) is 3.25. The first-order chi connectivity index (χ1) is 11.4. The Bertz CT molecular complexity index is 673. The number of esters is 1. The van der Waals surface area contributed by atoms with E-state index >= 15 is 0 Å². The van der Waals surface area contributed by atoms with Gasteiger partial charge in [0.05, 0.1) is 23.3 Å². The van der Waals surface area contributed by atoms with Crippen molar-refractivity contribution >= 4 is 40.9 Å². The van der Waals surface area contributed by atoms with Gasteiger partial charge in [-0.1, -0.05) is 18.5 Å². The molecule has 0 unspecified atom stereocenters. The van der Waals surface area contributed by atoms with Crippen molar-refractivity contribution in [3.05, 3.63) is 39.4 Å². The van der Waals surface area contributed by atoms with Crippen molar-refractivity contribution in [2.24, 2.45) is 0 Å². The minimum Gasteiger partial charge on any atom is -0.496 e. The molecule has 1 aromatic rings. The van der Waals surface area contributed by atoms with E-state index in [4.69, 9.17) is 21.1 Å². The molecule has 1 amide bonds. The normalized spacial score (nSPS) is 14.4. The van der Waals surface area contributed by atoms with E-state index in [0.717, 1.165) is 5.75 Å². The van der Waals surface area contributed by atoms with Crippen LogP contribution >= 0.6 is 23.4 Å². The summed E-state index contributed by atoms with van der Waals surface area (Å²) in [6, 6.07) is 4.73. The maximum Gasteiger partial charge on any atom is 0.339 e. The Hall–Kier alpha value is -1.66. The lowest BCUT2D eigenvalue weighted by molar-refractivity contribution is -0.112. The molecular weight excluding hydrogens is 350 g/mol. The first-order valence-electron chi connectivity index (χ1n) is 7.73. The number of halogens is 1. The Kier molecular flexibility index (Phi) is 6.57. The SMILES string of the molecule is CCC1=C(C(=O)Nc2ccc(Cl)c(C(=O)OC(C)C)c2)SCCO1. The molecule has 24 heavy (non-hydrogen) atoms. The van der Waals surface area contributed by atoms with Crippen molar-refractivity contribution in [2.75, 3.05) is 17.7 Å². The highest BCUT2D eigenvalue weighted by Crippen LogP contribution is 2.29. The minimum atomic E-state index is -0.519. The number of benzene rings is 1. The topological polar surface area (TPSA) is 64.6 Å². The lowest BCUT2D eigenvalue weighted by atomic mass is 10.2. The van der Waals surface area contributed by atoms with E-state index in [1.54, 1.807) is 26.0 Å². The van der Waals surface area contributed by atoms with E-state index < -0.39 is 5.97 Å². The summed E-state index contributed by atoms with van der Waals surface area (Å²) >= 11 is 7.53. The minimum absolute atomic E-state index is 0.223. The molecule has 0 radical (unpaired) electrons. The zero-order chi connectivity index (χ0) is 17.7. The van der Waals surface area contributed by atoms with Gasteiger partial charge in [-0.3, -0.25) is 4.79 Å². The van der Waals surface area contributed by atoms with Crippen LogP contribution in [0, 0.1) is 0 Å². The van der Waals surface area contributed by atoms with Gasteiger partial charge in [0, 0.05) is 17.9 Å². The summed E-state index contributed by atoms with van der Waals surface area (Å²) < 4.78 is 10.7. The summed E-state index contributed by atoms with van der Waals surface area (Å²) in [5.41, 5.74) is 0.703. The first-order valence-corrected chi connectivity index (χ1v) is 9.09. The highest BCUT2D eigenvalue weighted by Gasteiger charge is 2.21. The van der Waals surface area contributed by atoms with Crippen molar-refractivity contribution in [1.82, 2.24) is 0 Å². The number of carbonyl (C=O) groups is 2. The van der Waals surface area contributed by atoms with Gasteiger partial charge in [-0.2, -0.15) is 0 Å². The standard InChI is InChI=1S/C17H20ClNO4S/c1-4-14-15(24-8-7-22-14)16(20)19-11-5-6-13(18)12(9-11)17(21)23-10(2)3/h5-6,9-10H,4,7-8H2,1-3H3,(H,19,20). The van der Waals surface area contributed by atoms with Gasteiger partial charge in [0.25, 0.3) is 5.91 Å². The summed E-state index contributed by atoms with van der Waals surface area (Å²) in [6.07, 6.45) is 0.405. The Labute approximate surface area is 150 Å². The number of nitrogens with one attached hydrogen (secondary N) is 1. The van der Waals surface area contributed by atoms with Gasteiger partial charge >= 0.3 is 5.97 Å². The molecule has 0 aromatic heterocycles. The van der Waals surface area contributed by atoms with E-state index in [2.05, 4.69) is 5.32 Å². The Morgan fingerprint density at radius 1 is 1.42 bits per heavy atom. The summed E-state index contributed by atoms with van der Waals surface area (Å²) in [7, 11) is 0. The average molecular weight is 370 g/mol. The van der Waals surface area contributed by atoms with Gasteiger partial charge in [-0.25, -0.2) is 4.79 Å². The smallest absolute Gasteiger partial charge is 0.339 e. The molecule has 1 N–H and O–H groups in total. The van der Waals surface area contributed by atoms with E-state index in [0.29, 0.717) is 29.4 Å². The summed E-state index contributed by atoms with van der Waals surface area (Å²) in [5.74, 6) is 0.660. The van der Waals surface area contributed by atoms with Gasteiger partial charge in [0.1, 0.15) is 10.7 Å². The molecule has 0 saturated carbocycles. The summed E-state index contributed by atoms with van der Waals surface area (Å²) in [5, 5.41) is 3.07. The van der Waals surface area contributed by atoms with E-state index in [1.807, 2.05) is 6.92 Å². The molecule has 0 spiro atoms. The monoisotopic (exact) mass is 369 g/mol. The van der Waals surface area contributed by atoms with E-state index in [-0.39, 0.29) is 22.6 Å². The number of hydrogen-bond donors (Lipinski definition) is 1. The predicted molar refractivity (Wildman–Crippen MR) is 96.4 cm³/mol. The molecule has 5 nitrogen and oxygen atoms in total. The lowest BCUT2D eigenvalue weighted by Crippen LogP contribution is -2.19. The molecule has 0 atom stereocenters. The molecule has 0 bridgehead atoms. The van der Waals surface area contributed by atoms with Crippen LogP contribution in [0.2, 0.25) is 5.02 Å². The van der Waals surface area contributed by atoms with E-state index in [1.165, 1.54) is 17.8 Å². The molecule has 2 rings (SSSR count). The molecule has 7 heteroatoms. The second-order valence-electron chi connectivity index (χ2n) is 5.41. The molecule has 1 heterocycles. The summed E-state index contributed by atoms with van der Waals surface area (Å²) in [6.45, 7) is 6.07. The van der Waals surface area contributed by atoms with Crippen LogP contribution in [0.4, 0.5) is 5.69 Å². The van der Waals surface area contributed by atoms with Gasteiger partial charge in [0.2, 0.25) is 0 Å². The number of allylic oxidation sites excluding steroid dienone is 1. The number of carbonyl (C=O) groups excluding carboxylic acids is 2.